The van der Waals surface area contributed by atoms with Gasteiger partial charge in [0.1, 0.15) is 12.5 Å². The predicted octanol–water partition coefficient (Wildman–Crippen LogP) is 1.30. The molecule has 0 saturated heterocycles. The summed E-state index contributed by atoms with van der Waals surface area (Å²) in [6, 6.07) is 0. The van der Waals surface area contributed by atoms with Crippen molar-refractivity contribution < 1.29 is 29.6 Å². The Morgan fingerprint density at radius 3 is 1.53 bits per heavy atom. The van der Waals surface area contributed by atoms with Gasteiger partial charge in [0, 0.05) is 12.8 Å². The molecule has 1 aliphatic heterocycles. The van der Waals surface area contributed by atoms with Gasteiger partial charge >= 0.3 is 11.9 Å². The Morgan fingerprint density at radius 2 is 1.33 bits per heavy atom. The first kappa shape index (κ1) is 13.0. The quantitative estimate of drug-likeness (QED) is 0.688. The highest BCUT2D eigenvalue weighted by Gasteiger charge is 1.99. The first-order chi connectivity index (χ1) is 7.13. The zero-order valence-electron chi connectivity index (χ0n) is 7.96. The Hall–Kier alpha value is -1.98. The molecule has 0 atom stereocenters. The van der Waals surface area contributed by atoms with Crippen molar-refractivity contribution in [2.75, 3.05) is 0 Å². The van der Waals surface area contributed by atoms with Gasteiger partial charge in [0.15, 0.2) is 0 Å². The summed E-state index contributed by atoms with van der Waals surface area (Å²) in [5.41, 5.74) is 0. The van der Waals surface area contributed by atoms with Crippen molar-refractivity contribution in [3.8, 4) is 0 Å². The van der Waals surface area contributed by atoms with Crippen LogP contribution in [0.25, 0.3) is 0 Å². The lowest BCUT2D eigenvalue weighted by molar-refractivity contribution is -0.198. The van der Waals surface area contributed by atoms with Crippen LogP contribution in [0.3, 0.4) is 0 Å². The summed E-state index contributed by atoms with van der Waals surface area (Å²) in [6.07, 6.45) is 6.48. The highest BCUT2D eigenvalue weighted by Crippen LogP contribution is 1.93. The number of rotatable bonds is 4. The van der Waals surface area contributed by atoms with E-state index < -0.39 is 11.9 Å². The maximum Gasteiger partial charge on any atom is 0.303 e. The summed E-state index contributed by atoms with van der Waals surface area (Å²) >= 11 is 0. The third-order valence-corrected chi connectivity index (χ3v) is 1.22. The topological polar surface area (TPSA) is 93.1 Å². The lowest BCUT2D eigenvalue weighted by Crippen LogP contribution is -1.98. The van der Waals surface area contributed by atoms with Gasteiger partial charge in [0.05, 0.1) is 0 Å². The standard InChI is InChI=1S/C5H8O4.C4H4O2/c6-4(7)2-1-3-5(8)9;1-2-4-6-5-3-1/h1-3H2,(H,6,7)(H,8,9);1-4H. The van der Waals surface area contributed by atoms with Crippen molar-refractivity contribution in [2.24, 2.45) is 0 Å². The van der Waals surface area contributed by atoms with Gasteiger partial charge in [-0.25, -0.2) is 0 Å². The second-order valence-corrected chi connectivity index (χ2v) is 2.49. The zero-order chi connectivity index (χ0) is 11.5. The molecule has 15 heavy (non-hydrogen) atoms. The van der Waals surface area contributed by atoms with Crippen LogP contribution in [-0.2, 0) is 19.4 Å². The van der Waals surface area contributed by atoms with E-state index in [9.17, 15) is 9.59 Å². The van der Waals surface area contributed by atoms with Crippen molar-refractivity contribution in [3.63, 3.8) is 0 Å². The summed E-state index contributed by atoms with van der Waals surface area (Å²) in [7, 11) is 0. The summed E-state index contributed by atoms with van der Waals surface area (Å²) in [5.74, 6) is -1.90. The Balaban J connectivity index is 0.000000280. The second-order valence-electron chi connectivity index (χ2n) is 2.49. The van der Waals surface area contributed by atoms with Crippen molar-refractivity contribution in [2.45, 2.75) is 19.3 Å². The summed E-state index contributed by atoms with van der Waals surface area (Å²) in [4.78, 5) is 28.2. The van der Waals surface area contributed by atoms with Crippen molar-refractivity contribution in [1.29, 1.82) is 0 Å². The Labute approximate surface area is 86.3 Å². The van der Waals surface area contributed by atoms with E-state index in [0.29, 0.717) is 0 Å². The lowest BCUT2D eigenvalue weighted by Gasteiger charge is -1.94. The van der Waals surface area contributed by atoms with Crippen LogP contribution in [-0.4, -0.2) is 22.2 Å². The van der Waals surface area contributed by atoms with Crippen LogP contribution in [0.2, 0.25) is 0 Å². The van der Waals surface area contributed by atoms with Crippen LogP contribution < -0.4 is 0 Å². The van der Waals surface area contributed by atoms with Crippen molar-refractivity contribution >= 4 is 11.9 Å². The minimum atomic E-state index is -0.948. The minimum Gasteiger partial charge on any atom is -0.481 e. The number of carboxylic acids is 2. The van der Waals surface area contributed by atoms with E-state index in [2.05, 4.69) is 9.78 Å². The van der Waals surface area contributed by atoms with Gasteiger partial charge in [-0.3, -0.25) is 19.4 Å². The number of hydrogen-bond donors (Lipinski definition) is 2. The molecular formula is C9H12O6. The third-order valence-electron chi connectivity index (χ3n) is 1.22. The van der Waals surface area contributed by atoms with Crippen molar-refractivity contribution in [1.82, 2.24) is 0 Å². The van der Waals surface area contributed by atoms with E-state index in [0.717, 1.165) is 0 Å². The van der Waals surface area contributed by atoms with E-state index in [1.165, 1.54) is 12.5 Å². The third kappa shape index (κ3) is 12.0. The maximum absolute atomic E-state index is 9.79. The van der Waals surface area contributed by atoms with Gasteiger partial charge < -0.3 is 10.2 Å². The molecule has 1 aliphatic rings. The highest BCUT2D eigenvalue weighted by atomic mass is 17.2. The van der Waals surface area contributed by atoms with E-state index >= 15 is 0 Å². The second kappa shape index (κ2) is 8.61. The summed E-state index contributed by atoms with van der Waals surface area (Å²) in [6.45, 7) is 0. The van der Waals surface area contributed by atoms with E-state index in [1.807, 2.05) is 0 Å². The molecule has 1 rings (SSSR count). The van der Waals surface area contributed by atoms with Gasteiger partial charge in [-0.15, -0.1) is 0 Å². The van der Waals surface area contributed by atoms with Crippen LogP contribution in [0.4, 0.5) is 0 Å². The molecule has 84 valence electrons. The molecule has 0 spiro atoms. The van der Waals surface area contributed by atoms with Crippen molar-refractivity contribution in [3.05, 3.63) is 24.7 Å². The highest BCUT2D eigenvalue weighted by molar-refractivity contribution is 5.69. The average Bonchev–Trinajstić information content (AvgIpc) is 2.20. The summed E-state index contributed by atoms with van der Waals surface area (Å²) in [5, 5.41) is 16.1. The SMILES string of the molecule is C1=COOC=C1.O=C(O)CCCC(=O)O. The van der Waals surface area contributed by atoms with Gasteiger partial charge in [0.25, 0.3) is 0 Å². The van der Waals surface area contributed by atoms with Gasteiger partial charge in [-0.05, 0) is 18.6 Å². The number of aliphatic carboxylic acids is 2. The van der Waals surface area contributed by atoms with Gasteiger partial charge in [-0.1, -0.05) is 0 Å². The fourth-order valence-electron chi connectivity index (χ4n) is 0.610. The first-order valence-corrected chi connectivity index (χ1v) is 4.20. The number of allylic oxidation sites excluding steroid dienone is 2. The molecule has 1 heterocycles. The van der Waals surface area contributed by atoms with Gasteiger partial charge in [0.2, 0.25) is 0 Å². The predicted molar refractivity (Wildman–Crippen MR) is 49.6 cm³/mol. The molecule has 0 aromatic carbocycles. The molecule has 2 N–H and O–H groups in total. The first-order valence-electron chi connectivity index (χ1n) is 4.20. The molecular weight excluding hydrogens is 204 g/mol. The Bertz CT molecular complexity index is 229. The number of carbonyl (C=O) groups is 2. The summed E-state index contributed by atoms with van der Waals surface area (Å²) < 4.78 is 0. The molecule has 6 nitrogen and oxygen atoms in total. The molecule has 0 saturated carbocycles. The lowest BCUT2D eigenvalue weighted by atomic mass is 10.2. The molecule has 0 fully saturated rings. The average molecular weight is 216 g/mol. The van der Waals surface area contributed by atoms with E-state index in [-0.39, 0.29) is 19.3 Å². The molecule has 6 heteroatoms. The van der Waals surface area contributed by atoms with Crippen LogP contribution in [0.15, 0.2) is 24.7 Å². The molecule has 0 aromatic rings. The maximum atomic E-state index is 9.79. The van der Waals surface area contributed by atoms with Crippen LogP contribution in [0.5, 0.6) is 0 Å². The largest absolute Gasteiger partial charge is 0.481 e. The number of carboxylic acid groups (broad SMARTS) is 2. The molecule has 0 unspecified atom stereocenters. The fourth-order valence-corrected chi connectivity index (χ4v) is 0.610. The van der Waals surface area contributed by atoms with E-state index in [4.69, 9.17) is 10.2 Å². The number of hydrogen-bond acceptors (Lipinski definition) is 4. The van der Waals surface area contributed by atoms with E-state index in [1.54, 1.807) is 12.2 Å². The van der Waals surface area contributed by atoms with Crippen LogP contribution in [0.1, 0.15) is 19.3 Å². The van der Waals surface area contributed by atoms with Crippen LogP contribution >= 0.6 is 0 Å². The van der Waals surface area contributed by atoms with Crippen LogP contribution in [0, 0.1) is 0 Å². The Kier molecular flexibility index (Phi) is 7.47. The fraction of sp³-hybridized carbons (Fsp3) is 0.333. The zero-order valence-corrected chi connectivity index (χ0v) is 7.96. The molecule has 0 bridgehead atoms. The Morgan fingerprint density at radius 1 is 0.933 bits per heavy atom. The molecule has 0 radical (unpaired) electrons. The minimum absolute atomic E-state index is 0.0632. The monoisotopic (exact) mass is 216 g/mol. The molecule has 0 amide bonds. The smallest absolute Gasteiger partial charge is 0.303 e. The molecule has 0 aliphatic carbocycles. The van der Waals surface area contributed by atoms with Gasteiger partial charge in [-0.2, -0.15) is 0 Å². The normalized spacial score (nSPS) is 11.7. The molecule has 0 aromatic heterocycles.